The molecule has 0 aliphatic heterocycles. The molecule has 1 saturated carbocycles. The van der Waals surface area contributed by atoms with Gasteiger partial charge in [0.2, 0.25) is 11.8 Å². The normalized spacial score (nSPS) is 14.2. The fourth-order valence-corrected chi connectivity index (χ4v) is 6.46. The van der Waals surface area contributed by atoms with Crippen LogP contribution in [0.4, 0.5) is 0 Å². The number of esters is 2. The summed E-state index contributed by atoms with van der Waals surface area (Å²) in [5, 5.41) is 0. The van der Waals surface area contributed by atoms with Gasteiger partial charge in [-0.3, -0.25) is 23.4 Å². The molecule has 1 aliphatic rings. The van der Waals surface area contributed by atoms with E-state index in [1.165, 1.54) is 24.2 Å². The number of carbonyl (C=O) groups excluding carboxylic acids is 4. The molecule has 51 heavy (non-hydrogen) atoms. The van der Waals surface area contributed by atoms with Crippen LogP contribution in [0.5, 0.6) is 0 Å². The third kappa shape index (κ3) is 24.5. The molecule has 1 heterocycles. The average molecular weight is 841 g/mol. The van der Waals surface area contributed by atoms with Gasteiger partial charge >= 0.3 is 11.9 Å². The summed E-state index contributed by atoms with van der Waals surface area (Å²) in [4.78, 5) is 45.3. The standard InChI is InChI=1S/C11H21NO2.C10H21NO2.C7H7BrN2O2S.C7H8O2S.ClH/c1-8(2)7-10(12)11(13)14-9-5-3-4-6-9;1-7(2)6-8(11)9(12)13-10(3,4)5;8-5-1-3(7(10)12)4(13-5)2-6(9)11;1-6-2-4-7(5-3-6)10(8)9;/h8-10H,3-7,12H2,1-2H3;7-8H,6,11H2,1-5H3;1H,2H2,(H2,9,11)(H2,10,12);2-5H,1H3,(H,8,9);1H/p-1/t10-;8-;;;/m00.../s1. The van der Waals surface area contributed by atoms with Crippen LogP contribution in [0.2, 0.25) is 0 Å². The smallest absolute Gasteiger partial charge is 0.323 e. The number of benzene rings is 1. The highest BCUT2D eigenvalue weighted by atomic mass is 79.9. The predicted octanol–water partition coefficient (Wildman–Crippen LogP) is 5.84. The third-order valence-electron chi connectivity index (χ3n) is 6.64. The second kappa shape index (κ2) is 25.6. The first-order chi connectivity index (χ1) is 23.0. The summed E-state index contributed by atoms with van der Waals surface area (Å²) < 4.78 is 31.8. The van der Waals surface area contributed by atoms with Crippen LogP contribution in [0, 0.1) is 18.8 Å². The molecular weight excluding hydrogens is 784 g/mol. The lowest BCUT2D eigenvalue weighted by molar-refractivity contribution is -0.157. The van der Waals surface area contributed by atoms with Crippen molar-refractivity contribution in [1.29, 1.82) is 0 Å². The minimum atomic E-state index is -2.09. The molecule has 0 spiro atoms. The second-order valence-electron chi connectivity index (χ2n) is 13.8. The van der Waals surface area contributed by atoms with Gasteiger partial charge in [-0.15, -0.1) is 23.7 Å². The maximum absolute atomic E-state index is 11.5. The van der Waals surface area contributed by atoms with Crippen molar-refractivity contribution in [2.24, 2.45) is 34.8 Å². The molecule has 0 saturated heterocycles. The van der Waals surface area contributed by atoms with Gasteiger partial charge in [0, 0.05) is 9.77 Å². The first kappa shape index (κ1) is 50.7. The van der Waals surface area contributed by atoms with Crippen LogP contribution in [0.3, 0.4) is 0 Å². The van der Waals surface area contributed by atoms with Crippen molar-refractivity contribution in [3.8, 4) is 0 Å². The molecule has 16 heteroatoms. The molecule has 1 aromatic heterocycles. The summed E-state index contributed by atoms with van der Waals surface area (Å²) in [6, 6.07) is 7.37. The van der Waals surface area contributed by atoms with Gasteiger partial charge in [0.25, 0.3) is 0 Å². The first-order valence-electron chi connectivity index (χ1n) is 16.5. The largest absolute Gasteiger partial charge is 0.768 e. The lowest BCUT2D eigenvalue weighted by Crippen LogP contribution is -2.38. The molecule has 12 nitrogen and oxygen atoms in total. The summed E-state index contributed by atoms with van der Waals surface area (Å²) in [6.45, 7) is 15.6. The summed E-state index contributed by atoms with van der Waals surface area (Å²) in [5.41, 5.74) is 22.5. The van der Waals surface area contributed by atoms with E-state index < -0.39 is 40.6 Å². The van der Waals surface area contributed by atoms with Gasteiger partial charge in [-0.05, 0) is 123 Å². The van der Waals surface area contributed by atoms with Gasteiger partial charge in [-0.2, -0.15) is 0 Å². The van der Waals surface area contributed by atoms with E-state index in [-0.39, 0.29) is 36.9 Å². The summed E-state index contributed by atoms with van der Waals surface area (Å²) >= 11 is 2.40. The summed E-state index contributed by atoms with van der Waals surface area (Å²) in [6.07, 6.45) is 5.96. The fourth-order valence-electron chi connectivity index (χ4n) is 4.39. The van der Waals surface area contributed by atoms with Crippen LogP contribution in [0.1, 0.15) is 108 Å². The minimum Gasteiger partial charge on any atom is -0.768 e. The third-order valence-corrected chi connectivity index (χ3v) is 8.94. The van der Waals surface area contributed by atoms with Crippen LogP contribution in [-0.4, -0.2) is 56.3 Å². The fraction of sp³-hybridized carbons (Fsp3) is 0.600. The zero-order valence-corrected chi connectivity index (χ0v) is 34.9. The lowest BCUT2D eigenvalue weighted by atomic mass is 10.0. The monoisotopic (exact) mass is 839 g/mol. The number of amides is 2. The van der Waals surface area contributed by atoms with E-state index >= 15 is 0 Å². The molecule has 0 bridgehead atoms. The Balaban J connectivity index is 0. The van der Waals surface area contributed by atoms with E-state index in [2.05, 4.69) is 29.8 Å². The Bertz CT molecular complexity index is 1380. The van der Waals surface area contributed by atoms with Crippen LogP contribution >= 0.6 is 39.7 Å². The molecule has 1 aliphatic carbocycles. The topological polar surface area (TPSA) is 231 Å². The summed E-state index contributed by atoms with van der Waals surface area (Å²) in [5.74, 6) is -0.675. The van der Waals surface area contributed by atoms with Gasteiger partial charge in [0.1, 0.15) is 23.8 Å². The molecule has 1 aromatic carbocycles. The maximum atomic E-state index is 11.5. The molecule has 292 valence electrons. The number of hydrogen-bond acceptors (Lipinski definition) is 11. The molecular formula is C35H57BrClN4O8S2-. The van der Waals surface area contributed by atoms with Crippen molar-refractivity contribution < 1.29 is 37.4 Å². The number of hydrogen-bond donors (Lipinski definition) is 4. The molecule has 8 N–H and O–H groups in total. The van der Waals surface area contributed by atoms with Gasteiger partial charge in [0.15, 0.2) is 0 Å². The Hall–Kier alpha value is -2.40. The van der Waals surface area contributed by atoms with Crippen molar-refractivity contribution in [2.75, 3.05) is 0 Å². The number of carbonyl (C=O) groups is 4. The highest BCUT2D eigenvalue weighted by molar-refractivity contribution is 9.11. The molecule has 0 radical (unpaired) electrons. The molecule has 3 rings (SSSR count). The number of ether oxygens (including phenoxy) is 2. The Kier molecular flexibility index (Phi) is 25.4. The lowest BCUT2D eigenvalue weighted by Gasteiger charge is -2.22. The van der Waals surface area contributed by atoms with Crippen molar-refractivity contribution in [3.05, 3.63) is 50.1 Å². The number of primary amides is 2. The van der Waals surface area contributed by atoms with E-state index in [0.717, 1.165) is 22.2 Å². The van der Waals surface area contributed by atoms with Gasteiger partial charge in [-0.1, -0.05) is 45.4 Å². The van der Waals surface area contributed by atoms with Gasteiger partial charge < -0.3 is 37.0 Å². The molecule has 2 aromatic rings. The number of aryl methyl sites for hydroxylation is 1. The van der Waals surface area contributed by atoms with Crippen molar-refractivity contribution in [2.45, 2.75) is 129 Å². The van der Waals surface area contributed by atoms with E-state index in [1.54, 1.807) is 30.3 Å². The van der Waals surface area contributed by atoms with Crippen LogP contribution < -0.4 is 22.9 Å². The summed E-state index contributed by atoms with van der Waals surface area (Å²) in [7, 11) is 0. The van der Waals surface area contributed by atoms with E-state index in [9.17, 15) is 27.9 Å². The van der Waals surface area contributed by atoms with Gasteiger partial charge in [0.05, 0.1) is 15.8 Å². The number of rotatable bonds is 11. The highest BCUT2D eigenvalue weighted by Crippen LogP contribution is 2.27. The first-order valence-corrected chi connectivity index (χ1v) is 19.2. The quantitative estimate of drug-likeness (QED) is 0.156. The second-order valence-corrected chi connectivity index (χ2v) is 17.2. The maximum Gasteiger partial charge on any atom is 0.323 e. The Labute approximate surface area is 324 Å². The molecule has 2 amide bonds. The number of halogens is 2. The van der Waals surface area contributed by atoms with Crippen LogP contribution in [0.25, 0.3) is 0 Å². The van der Waals surface area contributed by atoms with Crippen molar-refractivity contribution in [3.63, 3.8) is 0 Å². The van der Waals surface area contributed by atoms with Gasteiger partial charge in [-0.25, -0.2) is 0 Å². The molecule has 1 unspecified atom stereocenters. The van der Waals surface area contributed by atoms with Crippen LogP contribution in [-0.2, 0) is 41.4 Å². The Morgan fingerprint density at radius 2 is 1.41 bits per heavy atom. The predicted molar refractivity (Wildman–Crippen MR) is 208 cm³/mol. The SMILES string of the molecule is CC(C)C[C@H](N)C(=O)OC(C)(C)C.CC(C)C[C@H](N)C(=O)OC1CCCC1.Cc1ccc(S(=O)[O-])cc1.Cl.NC(=O)Cc1sc(Br)cc1C(N)=O. The Morgan fingerprint density at radius 1 is 0.941 bits per heavy atom. The molecule has 3 atom stereocenters. The van der Waals surface area contributed by atoms with Crippen molar-refractivity contribution >= 4 is 74.5 Å². The molecule has 1 fully saturated rings. The zero-order valence-electron chi connectivity index (χ0n) is 30.9. The average Bonchev–Trinajstić information content (AvgIpc) is 3.61. The number of thiophene rings is 1. The van der Waals surface area contributed by atoms with E-state index in [0.29, 0.717) is 40.0 Å². The van der Waals surface area contributed by atoms with E-state index in [1.807, 2.05) is 41.5 Å². The highest BCUT2D eigenvalue weighted by Gasteiger charge is 2.24. The van der Waals surface area contributed by atoms with Crippen LogP contribution in [0.15, 0.2) is 39.0 Å². The minimum absolute atomic E-state index is 0. The number of nitrogens with two attached hydrogens (primary N) is 4. The van der Waals surface area contributed by atoms with E-state index in [4.69, 9.17) is 32.4 Å². The van der Waals surface area contributed by atoms with Crippen molar-refractivity contribution in [1.82, 2.24) is 0 Å². The zero-order chi connectivity index (χ0) is 38.8. The Morgan fingerprint density at radius 3 is 1.80 bits per heavy atom.